The molecule has 0 unspecified atom stereocenters. The summed E-state index contributed by atoms with van der Waals surface area (Å²) in [6.45, 7) is 7.60. The van der Waals surface area contributed by atoms with Gasteiger partial charge in [0.05, 0.1) is 0 Å². The first-order valence-corrected chi connectivity index (χ1v) is 9.53. The highest BCUT2D eigenvalue weighted by Crippen LogP contribution is 2.42. The van der Waals surface area contributed by atoms with E-state index in [-0.39, 0.29) is 18.0 Å². The fraction of sp³-hybridized carbons (Fsp3) is 0.619. The molecular formula is C21H30N2O3. The molecule has 3 atom stereocenters. The first-order chi connectivity index (χ1) is 12.2. The highest BCUT2D eigenvalue weighted by molar-refractivity contribution is 5.98. The molecule has 1 heterocycles. The summed E-state index contributed by atoms with van der Waals surface area (Å²) in [5.41, 5.74) is 1.40. The monoisotopic (exact) mass is 358 g/mol. The van der Waals surface area contributed by atoms with Gasteiger partial charge in [-0.25, -0.2) is 4.79 Å². The summed E-state index contributed by atoms with van der Waals surface area (Å²) in [6, 6.07) is 7.57. The molecule has 1 aromatic carbocycles. The minimum atomic E-state index is -0.566. The van der Waals surface area contributed by atoms with Gasteiger partial charge < -0.3 is 9.64 Å². The molecule has 1 saturated heterocycles. The van der Waals surface area contributed by atoms with E-state index in [2.05, 4.69) is 0 Å². The third kappa shape index (κ3) is 3.71. The van der Waals surface area contributed by atoms with E-state index in [9.17, 15) is 9.59 Å². The second kappa shape index (κ2) is 6.93. The van der Waals surface area contributed by atoms with Crippen molar-refractivity contribution in [3.05, 3.63) is 29.8 Å². The van der Waals surface area contributed by atoms with Crippen LogP contribution in [0, 0.1) is 12.8 Å². The van der Waals surface area contributed by atoms with Crippen LogP contribution in [0.5, 0.6) is 0 Å². The number of ether oxygens (including phenoxy) is 1. The van der Waals surface area contributed by atoms with Crippen molar-refractivity contribution in [3.63, 3.8) is 0 Å². The van der Waals surface area contributed by atoms with Crippen molar-refractivity contribution in [3.8, 4) is 0 Å². The van der Waals surface area contributed by atoms with Crippen LogP contribution in [0.2, 0.25) is 0 Å². The van der Waals surface area contributed by atoms with Gasteiger partial charge in [-0.2, -0.15) is 0 Å². The summed E-state index contributed by atoms with van der Waals surface area (Å²) in [6.07, 6.45) is 3.54. The van der Waals surface area contributed by atoms with Gasteiger partial charge in [0, 0.05) is 18.8 Å². The standard InChI is InChI=1S/C21H30N2O3/c1-14-8-6-10-16(12-14)22(5)19(24)18-13-15-9-7-11-17(15)23(18)20(25)26-21(2,3)4/h6,8,10,12,15,17-18H,7,9,11,13H2,1-5H3/t15-,17-,18-/m0/s1. The molecule has 5 heteroatoms. The van der Waals surface area contributed by atoms with E-state index in [1.165, 1.54) is 0 Å². The Morgan fingerprint density at radius 1 is 1.23 bits per heavy atom. The molecule has 0 aromatic heterocycles. The summed E-state index contributed by atoms with van der Waals surface area (Å²) in [4.78, 5) is 29.5. The average molecular weight is 358 g/mol. The Labute approximate surface area is 156 Å². The van der Waals surface area contributed by atoms with Crippen LogP contribution in [-0.4, -0.2) is 41.6 Å². The number of amides is 2. The number of nitrogens with zero attached hydrogens (tertiary/aromatic N) is 2. The molecular weight excluding hydrogens is 328 g/mol. The van der Waals surface area contributed by atoms with Gasteiger partial charge in [-0.1, -0.05) is 18.6 Å². The molecule has 2 fully saturated rings. The van der Waals surface area contributed by atoms with Crippen molar-refractivity contribution >= 4 is 17.7 Å². The Bertz CT molecular complexity index is 695. The summed E-state index contributed by atoms with van der Waals surface area (Å²) in [7, 11) is 1.79. The van der Waals surface area contributed by atoms with Crippen molar-refractivity contribution in [2.45, 2.75) is 71.1 Å². The zero-order valence-corrected chi connectivity index (χ0v) is 16.5. The molecule has 0 spiro atoms. The second-order valence-electron chi connectivity index (χ2n) is 8.63. The fourth-order valence-corrected chi connectivity index (χ4v) is 4.27. The number of benzene rings is 1. The zero-order chi connectivity index (χ0) is 19.1. The quantitative estimate of drug-likeness (QED) is 0.798. The van der Waals surface area contributed by atoms with Crippen LogP contribution in [0.4, 0.5) is 10.5 Å². The summed E-state index contributed by atoms with van der Waals surface area (Å²) >= 11 is 0. The molecule has 5 nitrogen and oxygen atoms in total. The molecule has 142 valence electrons. The van der Waals surface area contributed by atoms with E-state index in [1.807, 2.05) is 52.0 Å². The Kier molecular flexibility index (Phi) is 5.00. The molecule has 1 aliphatic carbocycles. The summed E-state index contributed by atoms with van der Waals surface area (Å²) < 4.78 is 5.63. The summed E-state index contributed by atoms with van der Waals surface area (Å²) in [5.74, 6) is 0.373. The van der Waals surface area contributed by atoms with Crippen LogP contribution in [0.1, 0.15) is 52.0 Å². The lowest BCUT2D eigenvalue weighted by molar-refractivity contribution is -0.123. The fourth-order valence-electron chi connectivity index (χ4n) is 4.27. The smallest absolute Gasteiger partial charge is 0.411 e. The molecule has 1 aliphatic heterocycles. The van der Waals surface area contributed by atoms with Crippen molar-refractivity contribution in [1.82, 2.24) is 4.90 Å². The highest BCUT2D eigenvalue weighted by Gasteiger charge is 2.50. The van der Waals surface area contributed by atoms with E-state index in [0.717, 1.165) is 36.9 Å². The minimum absolute atomic E-state index is 0.0316. The van der Waals surface area contributed by atoms with Crippen LogP contribution in [0.15, 0.2) is 24.3 Å². The van der Waals surface area contributed by atoms with Crippen molar-refractivity contribution < 1.29 is 14.3 Å². The lowest BCUT2D eigenvalue weighted by Gasteiger charge is -2.33. The molecule has 0 bridgehead atoms. The molecule has 1 aromatic rings. The topological polar surface area (TPSA) is 49.9 Å². The van der Waals surface area contributed by atoms with Crippen LogP contribution < -0.4 is 4.90 Å². The largest absolute Gasteiger partial charge is 0.444 e. The Morgan fingerprint density at radius 2 is 1.96 bits per heavy atom. The van der Waals surface area contributed by atoms with Crippen molar-refractivity contribution in [2.24, 2.45) is 5.92 Å². The minimum Gasteiger partial charge on any atom is -0.444 e. The van der Waals surface area contributed by atoms with E-state index in [4.69, 9.17) is 4.74 Å². The van der Waals surface area contributed by atoms with Crippen LogP contribution in [0.25, 0.3) is 0 Å². The van der Waals surface area contributed by atoms with Gasteiger partial charge in [0.15, 0.2) is 0 Å². The molecule has 2 amide bonds. The molecule has 3 rings (SSSR count). The zero-order valence-electron chi connectivity index (χ0n) is 16.5. The predicted octanol–water partition coefficient (Wildman–Crippen LogP) is 4.14. The summed E-state index contributed by atoms with van der Waals surface area (Å²) in [5, 5.41) is 0. The Balaban J connectivity index is 1.84. The first kappa shape index (κ1) is 18.7. The molecule has 0 radical (unpaired) electrons. The van der Waals surface area contributed by atoms with E-state index < -0.39 is 11.6 Å². The highest BCUT2D eigenvalue weighted by atomic mass is 16.6. The number of likely N-dealkylation sites (N-methyl/N-ethyl adjacent to an activating group) is 1. The number of carbonyl (C=O) groups excluding carboxylic acids is 2. The maximum Gasteiger partial charge on any atom is 0.411 e. The van der Waals surface area contributed by atoms with Gasteiger partial charge in [-0.3, -0.25) is 9.69 Å². The van der Waals surface area contributed by atoms with Gasteiger partial charge >= 0.3 is 6.09 Å². The van der Waals surface area contributed by atoms with Crippen LogP contribution in [0.3, 0.4) is 0 Å². The van der Waals surface area contributed by atoms with Crippen LogP contribution in [-0.2, 0) is 9.53 Å². The molecule has 2 aliphatic rings. The van der Waals surface area contributed by atoms with E-state index in [0.29, 0.717) is 5.92 Å². The van der Waals surface area contributed by atoms with Gasteiger partial charge in [0.2, 0.25) is 5.91 Å². The number of hydrogen-bond donors (Lipinski definition) is 0. The number of anilines is 1. The normalized spacial score (nSPS) is 25.1. The number of fused-ring (bicyclic) bond motifs is 1. The van der Waals surface area contributed by atoms with Gasteiger partial charge in [-0.15, -0.1) is 0 Å². The second-order valence-corrected chi connectivity index (χ2v) is 8.63. The third-order valence-electron chi connectivity index (χ3n) is 5.45. The van der Waals surface area contributed by atoms with Crippen LogP contribution >= 0.6 is 0 Å². The molecule has 26 heavy (non-hydrogen) atoms. The molecule has 1 saturated carbocycles. The Hall–Kier alpha value is -2.04. The number of rotatable bonds is 2. The SMILES string of the molecule is Cc1cccc(N(C)C(=O)[C@@H]2C[C@@H]3CCC[C@@H]3N2C(=O)OC(C)(C)C)c1. The molecule has 0 N–H and O–H groups in total. The van der Waals surface area contributed by atoms with E-state index >= 15 is 0 Å². The lowest BCUT2D eigenvalue weighted by Crippen LogP contribution is -2.50. The first-order valence-electron chi connectivity index (χ1n) is 9.53. The van der Waals surface area contributed by atoms with Crippen molar-refractivity contribution in [2.75, 3.05) is 11.9 Å². The number of carbonyl (C=O) groups is 2. The number of hydrogen-bond acceptors (Lipinski definition) is 3. The maximum atomic E-state index is 13.2. The number of aryl methyl sites for hydroxylation is 1. The predicted molar refractivity (Wildman–Crippen MR) is 102 cm³/mol. The van der Waals surface area contributed by atoms with Gasteiger partial charge in [-0.05, 0) is 70.6 Å². The van der Waals surface area contributed by atoms with E-state index in [1.54, 1.807) is 16.8 Å². The lowest BCUT2D eigenvalue weighted by atomic mass is 10.0. The maximum absolute atomic E-state index is 13.2. The number of likely N-dealkylation sites (tertiary alicyclic amines) is 1. The third-order valence-corrected chi connectivity index (χ3v) is 5.45. The van der Waals surface area contributed by atoms with Crippen molar-refractivity contribution in [1.29, 1.82) is 0 Å². The Morgan fingerprint density at radius 3 is 2.62 bits per heavy atom. The van der Waals surface area contributed by atoms with Gasteiger partial charge in [0.25, 0.3) is 0 Å². The van der Waals surface area contributed by atoms with Gasteiger partial charge in [0.1, 0.15) is 11.6 Å². The average Bonchev–Trinajstić information content (AvgIpc) is 3.12.